The molecule has 1 fully saturated rings. The van der Waals surface area contributed by atoms with E-state index in [4.69, 9.17) is 16.3 Å². The first-order valence-electron chi connectivity index (χ1n) is 5.25. The lowest BCUT2D eigenvalue weighted by Crippen LogP contribution is -2.40. The zero-order valence-electron chi connectivity index (χ0n) is 9.08. The van der Waals surface area contributed by atoms with Gasteiger partial charge in [-0.1, -0.05) is 0 Å². The molecular formula is C10H18ClNO2S. The second-order valence-corrected chi connectivity index (χ2v) is 5.20. The number of hydrogen-bond donors (Lipinski definition) is 0. The molecule has 0 aromatic heterocycles. The van der Waals surface area contributed by atoms with Crippen molar-refractivity contribution in [3.8, 4) is 0 Å². The Morgan fingerprint density at radius 1 is 1.60 bits per heavy atom. The summed E-state index contributed by atoms with van der Waals surface area (Å²) in [6.07, 6.45) is 2.16. The van der Waals surface area contributed by atoms with Gasteiger partial charge in [0.25, 0.3) is 0 Å². The highest BCUT2D eigenvalue weighted by Crippen LogP contribution is 2.27. The summed E-state index contributed by atoms with van der Waals surface area (Å²) in [6, 6.07) is 0. The van der Waals surface area contributed by atoms with Crippen molar-refractivity contribution in [2.24, 2.45) is 0 Å². The summed E-state index contributed by atoms with van der Waals surface area (Å²) in [5, 5.41) is 0.157. The topological polar surface area (TPSA) is 29.5 Å². The summed E-state index contributed by atoms with van der Waals surface area (Å²) in [7, 11) is 1.65. The maximum absolute atomic E-state index is 12.0. The fourth-order valence-corrected chi connectivity index (χ4v) is 3.06. The van der Waals surface area contributed by atoms with Crippen LogP contribution in [0.1, 0.15) is 12.8 Å². The predicted octanol–water partition coefficient (Wildman–Crippen LogP) is 1.60. The number of halogens is 1. The Kier molecular flexibility index (Phi) is 6.45. The van der Waals surface area contributed by atoms with E-state index in [1.807, 2.05) is 4.90 Å². The van der Waals surface area contributed by atoms with Crippen LogP contribution < -0.4 is 0 Å². The molecule has 0 N–H and O–H groups in total. The Morgan fingerprint density at radius 3 is 2.93 bits per heavy atom. The number of alkyl halides is 1. The summed E-state index contributed by atoms with van der Waals surface area (Å²) in [5.74, 6) is 1.83. The van der Waals surface area contributed by atoms with Crippen LogP contribution in [0.3, 0.4) is 0 Å². The monoisotopic (exact) mass is 251 g/mol. The van der Waals surface area contributed by atoms with E-state index >= 15 is 0 Å². The Morgan fingerprint density at radius 2 is 2.40 bits per heavy atom. The van der Waals surface area contributed by atoms with Gasteiger partial charge in [-0.05, 0) is 18.6 Å². The van der Waals surface area contributed by atoms with Crippen molar-refractivity contribution in [2.75, 3.05) is 38.4 Å². The SMILES string of the molecule is COCCN(CCCl)C(=O)C1CCCS1. The highest BCUT2D eigenvalue weighted by molar-refractivity contribution is 8.00. The Labute approximate surface area is 100 Å². The summed E-state index contributed by atoms with van der Waals surface area (Å²) in [5.41, 5.74) is 0. The number of rotatable bonds is 6. The van der Waals surface area contributed by atoms with E-state index < -0.39 is 0 Å². The highest BCUT2D eigenvalue weighted by atomic mass is 35.5. The van der Waals surface area contributed by atoms with Crippen LogP contribution in [-0.4, -0.2) is 54.5 Å². The molecule has 1 heterocycles. The number of amides is 1. The molecule has 1 saturated heterocycles. The van der Waals surface area contributed by atoms with Crippen molar-refractivity contribution in [1.82, 2.24) is 4.90 Å². The summed E-state index contributed by atoms with van der Waals surface area (Å²) in [4.78, 5) is 13.9. The average molecular weight is 252 g/mol. The van der Waals surface area contributed by atoms with Gasteiger partial charge in [0.15, 0.2) is 0 Å². The minimum Gasteiger partial charge on any atom is -0.383 e. The highest BCUT2D eigenvalue weighted by Gasteiger charge is 2.27. The largest absolute Gasteiger partial charge is 0.383 e. The van der Waals surface area contributed by atoms with Gasteiger partial charge in [-0.15, -0.1) is 23.4 Å². The molecule has 0 saturated carbocycles. The molecule has 1 amide bonds. The first-order valence-corrected chi connectivity index (χ1v) is 6.83. The number of carbonyl (C=O) groups excluding carboxylic acids is 1. The molecule has 0 bridgehead atoms. The van der Waals surface area contributed by atoms with Gasteiger partial charge in [-0.25, -0.2) is 0 Å². The third-order valence-electron chi connectivity index (χ3n) is 2.44. The van der Waals surface area contributed by atoms with Crippen LogP contribution in [0.5, 0.6) is 0 Å². The van der Waals surface area contributed by atoms with Crippen molar-refractivity contribution in [3.05, 3.63) is 0 Å². The summed E-state index contributed by atoms with van der Waals surface area (Å²) >= 11 is 7.45. The van der Waals surface area contributed by atoms with Gasteiger partial charge in [0.1, 0.15) is 0 Å². The van der Waals surface area contributed by atoms with E-state index in [1.54, 1.807) is 18.9 Å². The van der Waals surface area contributed by atoms with E-state index in [9.17, 15) is 4.79 Å². The molecular weight excluding hydrogens is 234 g/mol. The summed E-state index contributed by atoms with van der Waals surface area (Å²) in [6.45, 7) is 1.86. The molecule has 5 heteroatoms. The molecule has 0 radical (unpaired) electrons. The predicted molar refractivity (Wildman–Crippen MR) is 64.7 cm³/mol. The van der Waals surface area contributed by atoms with Gasteiger partial charge < -0.3 is 9.64 Å². The fraction of sp³-hybridized carbons (Fsp3) is 0.900. The third kappa shape index (κ3) is 4.21. The van der Waals surface area contributed by atoms with Crippen LogP contribution in [-0.2, 0) is 9.53 Å². The van der Waals surface area contributed by atoms with Gasteiger partial charge in [0.05, 0.1) is 11.9 Å². The zero-order valence-corrected chi connectivity index (χ0v) is 10.6. The lowest BCUT2D eigenvalue weighted by atomic mass is 10.2. The van der Waals surface area contributed by atoms with Crippen LogP contribution in [0.4, 0.5) is 0 Å². The minimum absolute atomic E-state index is 0.157. The van der Waals surface area contributed by atoms with Crippen molar-refractivity contribution in [2.45, 2.75) is 18.1 Å². The van der Waals surface area contributed by atoms with E-state index in [0.717, 1.165) is 18.6 Å². The number of thioether (sulfide) groups is 1. The number of ether oxygens (including phenoxy) is 1. The van der Waals surface area contributed by atoms with Crippen molar-refractivity contribution >= 4 is 29.3 Å². The van der Waals surface area contributed by atoms with Crippen LogP contribution in [0, 0.1) is 0 Å². The molecule has 0 aliphatic carbocycles. The van der Waals surface area contributed by atoms with Gasteiger partial charge >= 0.3 is 0 Å². The molecule has 1 aliphatic rings. The van der Waals surface area contributed by atoms with E-state index in [0.29, 0.717) is 25.6 Å². The molecule has 15 heavy (non-hydrogen) atoms. The van der Waals surface area contributed by atoms with Gasteiger partial charge in [0, 0.05) is 26.1 Å². The zero-order chi connectivity index (χ0) is 11.1. The third-order valence-corrected chi connectivity index (χ3v) is 3.97. The van der Waals surface area contributed by atoms with Crippen LogP contribution in [0.25, 0.3) is 0 Å². The Balaban J connectivity index is 2.41. The molecule has 3 nitrogen and oxygen atoms in total. The molecule has 1 unspecified atom stereocenters. The Bertz CT molecular complexity index is 198. The lowest BCUT2D eigenvalue weighted by Gasteiger charge is -2.24. The molecule has 0 aromatic carbocycles. The van der Waals surface area contributed by atoms with Crippen molar-refractivity contribution < 1.29 is 9.53 Å². The minimum atomic E-state index is 0.157. The fourth-order valence-electron chi connectivity index (χ4n) is 1.61. The smallest absolute Gasteiger partial charge is 0.235 e. The first-order chi connectivity index (χ1) is 7.29. The van der Waals surface area contributed by atoms with E-state index in [1.165, 1.54) is 0 Å². The quantitative estimate of drug-likeness (QED) is 0.672. The normalized spacial score (nSPS) is 20.5. The molecule has 1 atom stereocenters. The number of hydrogen-bond acceptors (Lipinski definition) is 3. The van der Waals surface area contributed by atoms with Crippen LogP contribution in [0.15, 0.2) is 0 Å². The lowest BCUT2D eigenvalue weighted by molar-refractivity contribution is -0.131. The second-order valence-electron chi connectivity index (χ2n) is 3.51. The Hall–Kier alpha value is 0.0700. The van der Waals surface area contributed by atoms with Crippen LogP contribution in [0.2, 0.25) is 0 Å². The van der Waals surface area contributed by atoms with Crippen molar-refractivity contribution in [3.63, 3.8) is 0 Å². The number of carbonyl (C=O) groups is 1. The molecule has 1 aliphatic heterocycles. The average Bonchev–Trinajstić information content (AvgIpc) is 2.76. The van der Waals surface area contributed by atoms with E-state index in [2.05, 4.69) is 0 Å². The summed E-state index contributed by atoms with van der Waals surface area (Å²) < 4.78 is 4.99. The molecule has 88 valence electrons. The maximum Gasteiger partial charge on any atom is 0.235 e. The molecule has 0 aromatic rings. The second kappa shape index (κ2) is 7.36. The number of methoxy groups -OCH3 is 1. The van der Waals surface area contributed by atoms with Gasteiger partial charge in [-0.2, -0.15) is 0 Å². The van der Waals surface area contributed by atoms with Crippen molar-refractivity contribution in [1.29, 1.82) is 0 Å². The maximum atomic E-state index is 12.0. The first kappa shape index (κ1) is 13.1. The van der Waals surface area contributed by atoms with Gasteiger partial charge in [0.2, 0.25) is 5.91 Å². The molecule has 1 rings (SSSR count). The standard InChI is InChI=1S/C10H18ClNO2S/c1-14-7-6-12(5-4-11)10(13)9-3-2-8-15-9/h9H,2-8H2,1H3. The van der Waals surface area contributed by atoms with Crippen LogP contribution >= 0.6 is 23.4 Å². The van der Waals surface area contributed by atoms with E-state index in [-0.39, 0.29) is 11.2 Å². The number of nitrogens with zero attached hydrogens (tertiary/aromatic N) is 1. The van der Waals surface area contributed by atoms with Gasteiger partial charge in [-0.3, -0.25) is 4.79 Å². The molecule has 0 spiro atoms.